The largest absolute Gasteiger partial charge is 0.352 e. The quantitative estimate of drug-likeness (QED) is 0.832. The zero-order valence-electron chi connectivity index (χ0n) is 14.6. The average molecular weight is 326 g/mol. The normalized spacial score (nSPS) is 17.9. The van der Waals surface area contributed by atoms with E-state index in [1.54, 1.807) is 0 Å². The number of fused-ring (bicyclic) bond motifs is 1. The van der Waals surface area contributed by atoms with Crippen molar-refractivity contribution in [3.63, 3.8) is 0 Å². The standard InChI is InChI=1S/C18H26N6/c1-22(8-7-15-10-19-13-23(15)2)16-11-24(12-16)18-9-14-5-3-4-6-17(14)20-21-18/h9-10,13,16H,3-8,11-12H2,1-2H3. The Morgan fingerprint density at radius 3 is 2.83 bits per heavy atom. The van der Waals surface area contributed by atoms with Crippen molar-refractivity contribution in [1.82, 2.24) is 24.6 Å². The van der Waals surface area contributed by atoms with Crippen LogP contribution < -0.4 is 4.90 Å². The highest BCUT2D eigenvalue weighted by atomic mass is 15.4. The molecule has 1 aliphatic heterocycles. The van der Waals surface area contributed by atoms with E-state index in [1.807, 2.05) is 12.5 Å². The predicted octanol–water partition coefficient (Wildman–Crippen LogP) is 1.45. The Hall–Kier alpha value is -1.95. The third kappa shape index (κ3) is 3.02. The van der Waals surface area contributed by atoms with Gasteiger partial charge in [-0.15, -0.1) is 5.10 Å². The number of aryl methyl sites for hydroxylation is 3. The minimum atomic E-state index is 0.607. The Kier molecular flexibility index (Phi) is 4.22. The van der Waals surface area contributed by atoms with Crippen LogP contribution in [0.3, 0.4) is 0 Å². The Labute approximate surface area is 143 Å². The SMILES string of the molecule is CN(CCc1cncn1C)C1CN(c2cc3c(nn2)CCCC3)C1. The van der Waals surface area contributed by atoms with Gasteiger partial charge in [-0.2, -0.15) is 5.10 Å². The van der Waals surface area contributed by atoms with E-state index in [0.29, 0.717) is 6.04 Å². The molecule has 4 rings (SSSR count). The average Bonchev–Trinajstić information content (AvgIpc) is 2.96. The molecule has 2 aromatic rings. The van der Waals surface area contributed by atoms with E-state index < -0.39 is 0 Å². The second kappa shape index (κ2) is 6.51. The monoisotopic (exact) mass is 326 g/mol. The van der Waals surface area contributed by atoms with Gasteiger partial charge in [0.1, 0.15) is 0 Å². The van der Waals surface area contributed by atoms with Gasteiger partial charge >= 0.3 is 0 Å². The van der Waals surface area contributed by atoms with E-state index in [1.165, 1.54) is 36.2 Å². The van der Waals surface area contributed by atoms with Crippen LogP contribution in [0.25, 0.3) is 0 Å². The van der Waals surface area contributed by atoms with Crippen LogP contribution in [0.2, 0.25) is 0 Å². The van der Waals surface area contributed by atoms with Crippen LogP contribution in [0.15, 0.2) is 18.6 Å². The lowest BCUT2D eigenvalue weighted by molar-refractivity contribution is 0.205. The van der Waals surface area contributed by atoms with Crippen molar-refractivity contribution < 1.29 is 0 Å². The van der Waals surface area contributed by atoms with Gasteiger partial charge in [0.2, 0.25) is 0 Å². The molecule has 0 amide bonds. The Balaban J connectivity index is 1.30. The van der Waals surface area contributed by atoms with Crippen molar-refractivity contribution >= 4 is 5.82 Å². The summed E-state index contributed by atoms with van der Waals surface area (Å²) < 4.78 is 2.10. The molecule has 0 N–H and O–H groups in total. The molecule has 0 unspecified atom stereocenters. The number of hydrogen-bond acceptors (Lipinski definition) is 5. The van der Waals surface area contributed by atoms with E-state index in [2.05, 4.69) is 49.7 Å². The second-order valence-electron chi connectivity index (χ2n) is 7.17. The van der Waals surface area contributed by atoms with Crippen molar-refractivity contribution in [2.24, 2.45) is 7.05 Å². The molecule has 24 heavy (non-hydrogen) atoms. The fourth-order valence-electron chi connectivity index (χ4n) is 3.65. The smallest absolute Gasteiger partial charge is 0.151 e. The number of rotatable bonds is 5. The number of imidazole rings is 1. The summed E-state index contributed by atoms with van der Waals surface area (Å²) in [5.41, 5.74) is 3.92. The molecular weight excluding hydrogens is 300 g/mol. The summed E-state index contributed by atoms with van der Waals surface area (Å²) in [6.45, 7) is 3.17. The van der Waals surface area contributed by atoms with Crippen LogP contribution in [0.5, 0.6) is 0 Å². The molecule has 3 heterocycles. The van der Waals surface area contributed by atoms with Gasteiger partial charge in [0, 0.05) is 51.0 Å². The van der Waals surface area contributed by atoms with Gasteiger partial charge in [0.25, 0.3) is 0 Å². The molecule has 1 aliphatic carbocycles. The number of anilines is 1. The number of nitrogens with zero attached hydrogens (tertiary/aromatic N) is 6. The molecule has 2 aliphatic rings. The number of aromatic nitrogens is 4. The van der Waals surface area contributed by atoms with Gasteiger partial charge < -0.3 is 9.47 Å². The number of likely N-dealkylation sites (N-methyl/N-ethyl adjacent to an activating group) is 1. The van der Waals surface area contributed by atoms with Crippen LogP contribution in [0, 0.1) is 0 Å². The molecule has 128 valence electrons. The highest BCUT2D eigenvalue weighted by molar-refractivity contribution is 5.45. The van der Waals surface area contributed by atoms with Gasteiger partial charge in [-0.25, -0.2) is 4.98 Å². The molecule has 0 spiro atoms. The van der Waals surface area contributed by atoms with Crippen molar-refractivity contribution in [2.75, 3.05) is 31.6 Å². The first kappa shape index (κ1) is 15.6. The lowest BCUT2D eigenvalue weighted by atomic mass is 9.96. The summed E-state index contributed by atoms with van der Waals surface area (Å²) in [5, 5.41) is 8.91. The summed E-state index contributed by atoms with van der Waals surface area (Å²) in [6.07, 6.45) is 9.69. The highest BCUT2D eigenvalue weighted by Gasteiger charge is 2.31. The third-order valence-corrected chi connectivity index (χ3v) is 5.50. The molecule has 0 aromatic carbocycles. The van der Waals surface area contributed by atoms with E-state index >= 15 is 0 Å². The van der Waals surface area contributed by atoms with Gasteiger partial charge in [0.05, 0.1) is 12.0 Å². The van der Waals surface area contributed by atoms with Gasteiger partial charge in [0.15, 0.2) is 5.82 Å². The van der Waals surface area contributed by atoms with Crippen LogP contribution >= 0.6 is 0 Å². The topological polar surface area (TPSA) is 50.1 Å². The van der Waals surface area contributed by atoms with Gasteiger partial charge in [-0.1, -0.05) is 0 Å². The Bertz CT molecular complexity index is 703. The van der Waals surface area contributed by atoms with Crippen LogP contribution in [0.1, 0.15) is 29.8 Å². The Morgan fingerprint density at radius 1 is 1.21 bits per heavy atom. The Morgan fingerprint density at radius 2 is 2.04 bits per heavy atom. The maximum Gasteiger partial charge on any atom is 0.151 e. The molecule has 0 radical (unpaired) electrons. The van der Waals surface area contributed by atoms with Crippen LogP contribution in [-0.2, 0) is 26.3 Å². The van der Waals surface area contributed by atoms with Crippen molar-refractivity contribution in [3.8, 4) is 0 Å². The van der Waals surface area contributed by atoms with Crippen molar-refractivity contribution in [3.05, 3.63) is 35.5 Å². The number of hydrogen-bond donors (Lipinski definition) is 0. The zero-order valence-corrected chi connectivity index (χ0v) is 14.6. The van der Waals surface area contributed by atoms with Crippen molar-refractivity contribution in [2.45, 2.75) is 38.1 Å². The first-order valence-corrected chi connectivity index (χ1v) is 8.96. The molecule has 1 fully saturated rings. The lowest BCUT2D eigenvalue weighted by Crippen LogP contribution is -2.59. The fourth-order valence-corrected chi connectivity index (χ4v) is 3.65. The first-order valence-electron chi connectivity index (χ1n) is 8.96. The molecule has 6 heteroatoms. The zero-order chi connectivity index (χ0) is 16.5. The molecule has 0 bridgehead atoms. The van der Waals surface area contributed by atoms with E-state index in [4.69, 9.17) is 0 Å². The van der Waals surface area contributed by atoms with Gasteiger partial charge in [-0.3, -0.25) is 4.90 Å². The lowest BCUT2D eigenvalue weighted by Gasteiger charge is -2.44. The van der Waals surface area contributed by atoms with Crippen LogP contribution in [-0.4, -0.2) is 57.4 Å². The van der Waals surface area contributed by atoms with Crippen molar-refractivity contribution in [1.29, 1.82) is 0 Å². The van der Waals surface area contributed by atoms with Gasteiger partial charge in [-0.05, 0) is 44.4 Å². The molecule has 1 saturated heterocycles. The second-order valence-corrected chi connectivity index (χ2v) is 7.17. The first-order chi connectivity index (χ1) is 11.7. The van der Waals surface area contributed by atoms with E-state index in [9.17, 15) is 0 Å². The maximum absolute atomic E-state index is 4.46. The molecule has 0 atom stereocenters. The molecular formula is C18H26N6. The van der Waals surface area contributed by atoms with Crippen LogP contribution in [0.4, 0.5) is 5.82 Å². The molecule has 2 aromatic heterocycles. The van der Waals surface area contributed by atoms with E-state index in [0.717, 1.165) is 38.3 Å². The molecule has 0 saturated carbocycles. The summed E-state index contributed by atoms with van der Waals surface area (Å²) in [6, 6.07) is 2.88. The summed E-state index contributed by atoms with van der Waals surface area (Å²) in [4.78, 5) is 8.99. The summed E-state index contributed by atoms with van der Waals surface area (Å²) in [7, 11) is 4.28. The fraction of sp³-hybridized carbons (Fsp3) is 0.611. The summed E-state index contributed by atoms with van der Waals surface area (Å²) >= 11 is 0. The minimum Gasteiger partial charge on any atom is -0.352 e. The minimum absolute atomic E-state index is 0.607. The summed E-state index contributed by atoms with van der Waals surface area (Å²) in [5.74, 6) is 1.06. The third-order valence-electron chi connectivity index (χ3n) is 5.50. The van der Waals surface area contributed by atoms with E-state index in [-0.39, 0.29) is 0 Å². The maximum atomic E-state index is 4.46. The molecule has 6 nitrogen and oxygen atoms in total. The predicted molar refractivity (Wildman–Crippen MR) is 94.2 cm³/mol. The highest BCUT2D eigenvalue weighted by Crippen LogP contribution is 2.26.